The summed E-state index contributed by atoms with van der Waals surface area (Å²) in [6.45, 7) is 1.19. The van der Waals surface area contributed by atoms with E-state index in [2.05, 4.69) is 5.32 Å². The second kappa shape index (κ2) is 6.69. The van der Waals surface area contributed by atoms with Gasteiger partial charge >= 0.3 is 5.97 Å². The highest BCUT2D eigenvalue weighted by Gasteiger charge is 2.20. The van der Waals surface area contributed by atoms with E-state index in [0.29, 0.717) is 24.2 Å². The highest BCUT2D eigenvalue weighted by molar-refractivity contribution is 5.97. The summed E-state index contributed by atoms with van der Waals surface area (Å²) in [6, 6.07) is 6.61. The summed E-state index contributed by atoms with van der Waals surface area (Å²) in [5.41, 5.74) is 1.18. The van der Waals surface area contributed by atoms with Gasteiger partial charge in [0.2, 0.25) is 5.91 Å². The molecule has 21 heavy (non-hydrogen) atoms. The number of carboxylic acids is 1. The number of carboxylic acid groups (broad SMARTS) is 1. The number of rotatable bonds is 3. The van der Waals surface area contributed by atoms with Crippen molar-refractivity contribution in [2.45, 2.75) is 6.42 Å². The third-order valence-electron chi connectivity index (χ3n) is 3.12. The fourth-order valence-corrected chi connectivity index (χ4v) is 2.07. The zero-order valence-electron chi connectivity index (χ0n) is 11.4. The lowest BCUT2D eigenvalue weighted by atomic mass is 10.1. The number of aliphatic carboxylic acids is 1. The van der Waals surface area contributed by atoms with E-state index in [-0.39, 0.29) is 18.4 Å². The molecule has 0 atom stereocenters. The van der Waals surface area contributed by atoms with Crippen molar-refractivity contribution in [3.63, 3.8) is 0 Å². The van der Waals surface area contributed by atoms with Crippen LogP contribution in [0.3, 0.4) is 0 Å². The molecular weight excluding hydrogens is 272 g/mol. The molecule has 1 aliphatic rings. The van der Waals surface area contributed by atoms with E-state index >= 15 is 0 Å². The zero-order chi connectivity index (χ0) is 15.2. The van der Waals surface area contributed by atoms with Gasteiger partial charge in [-0.1, -0.05) is 12.1 Å². The number of carbonyl (C=O) groups is 3. The van der Waals surface area contributed by atoms with Crippen LogP contribution in [0.4, 0.5) is 0 Å². The van der Waals surface area contributed by atoms with E-state index in [4.69, 9.17) is 5.11 Å². The van der Waals surface area contributed by atoms with Crippen molar-refractivity contribution in [3.8, 4) is 0 Å². The van der Waals surface area contributed by atoms with Gasteiger partial charge in [-0.25, -0.2) is 4.79 Å². The Kier molecular flexibility index (Phi) is 4.71. The van der Waals surface area contributed by atoms with Gasteiger partial charge in [-0.3, -0.25) is 9.59 Å². The number of nitrogens with zero attached hydrogens (tertiary/aromatic N) is 1. The largest absolute Gasteiger partial charge is 0.478 e. The van der Waals surface area contributed by atoms with Crippen molar-refractivity contribution in [3.05, 3.63) is 41.5 Å². The van der Waals surface area contributed by atoms with E-state index in [0.717, 1.165) is 12.5 Å². The predicted octanol–water partition coefficient (Wildman–Crippen LogP) is 0.746. The van der Waals surface area contributed by atoms with Crippen LogP contribution in [0.1, 0.15) is 22.3 Å². The molecule has 0 spiro atoms. The lowest BCUT2D eigenvalue weighted by molar-refractivity contribution is -0.131. The average molecular weight is 288 g/mol. The lowest BCUT2D eigenvalue weighted by Crippen LogP contribution is -2.37. The Morgan fingerprint density at radius 1 is 1.24 bits per heavy atom. The molecule has 0 radical (unpaired) electrons. The van der Waals surface area contributed by atoms with Crippen molar-refractivity contribution >= 4 is 23.9 Å². The summed E-state index contributed by atoms with van der Waals surface area (Å²) in [4.78, 5) is 35.7. The summed E-state index contributed by atoms with van der Waals surface area (Å²) >= 11 is 0. The number of carbonyl (C=O) groups excluding carboxylic acids is 2. The van der Waals surface area contributed by atoms with Gasteiger partial charge < -0.3 is 15.3 Å². The number of hydrogen-bond acceptors (Lipinski definition) is 3. The second-order valence-corrected chi connectivity index (χ2v) is 4.72. The molecule has 2 amide bonds. The van der Waals surface area contributed by atoms with E-state index in [1.165, 1.54) is 11.0 Å². The van der Waals surface area contributed by atoms with Crippen LogP contribution in [0, 0.1) is 0 Å². The minimum absolute atomic E-state index is 0.0690. The maximum atomic E-state index is 12.3. The molecule has 0 unspecified atom stereocenters. The summed E-state index contributed by atoms with van der Waals surface area (Å²) < 4.78 is 0. The highest BCUT2D eigenvalue weighted by atomic mass is 16.4. The van der Waals surface area contributed by atoms with E-state index in [1.54, 1.807) is 24.3 Å². The van der Waals surface area contributed by atoms with Crippen LogP contribution >= 0.6 is 0 Å². The Labute approximate surface area is 122 Å². The van der Waals surface area contributed by atoms with Crippen LogP contribution in [0.15, 0.2) is 30.3 Å². The van der Waals surface area contributed by atoms with Crippen molar-refractivity contribution in [1.82, 2.24) is 10.2 Å². The minimum Gasteiger partial charge on any atom is -0.478 e. The van der Waals surface area contributed by atoms with Gasteiger partial charge in [0.25, 0.3) is 5.91 Å². The average Bonchev–Trinajstić information content (AvgIpc) is 2.69. The van der Waals surface area contributed by atoms with Crippen molar-refractivity contribution in [2.24, 2.45) is 0 Å². The van der Waals surface area contributed by atoms with E-state index in [9.17, 15) is 14.4 Å². The molecule has 2 N–H and O–H groups in total. The number of nitrogens with one attached hydrogen (secondary N) is 1. The molecule has 1 aliphatic heterocycles. The summed E-state index contributed by atoms with van der Waals surface area (Å²) in [5.74, 6) is -1.37. The fraction of sp³-hybridized carbons (Fsp3) is 0.267. The van der Waals surface area contributed by atoms with E-state index in [1.807, 2.05) is 0 Å². The van der Waals surface area contributed by atoms with Crippen LogP contribution in [0.2, 0.25) is 0 Å². The molecule has 0 saturated carbocycles. The minimum atomic E-state index is -1.02. The van der Waals surface area contributed by atoms with E-state index < -0.39 is 5.97 Å². The Morgan fingerprint density at radius 2 is 1.95 bits per heavy atom. The van der Waals surface area contributed by atoms with Crippen LogP contribution < -0.4 is 5.32 Å². The summed E-state index contributed by atoms with van der Waals surface area (Å²) in [7, 11) is 0. The number of hydrogen-bond donors (Lipinski definition) is 2. The molecule has 110 valence electrons. The topological polar surface area (TPSA) is 86.7 Å². The van der Waals surface area contributed by atoms with Crippen LogP contribution in [-0.4, -0.2) is 47.4 Å². The van der Waals surface area contributed by atoms with Crippen LogP contribution in [-0.2, 0) is 9.59 Å². The maximum Gasteiger partial charge on any atom is 0.328 e. The van der Waals surface area contributed by atoms with Gasteiger partial charge in [-0.2, -0.15) is 0 Å². The van der Waals surface area contributed by atoms with Gasteiger partial charge in [0.05, 0.1) is 6.54 Å². The van der Waals surface area contributed by atoms with Gasteiger partial charge in [0.15, 0.2) is 0 Å². The monoisotopic (exact) mass is 288 g/mol. The lowest BCUT2D eigenvalue weighted by Gasteiger charge is -2.19. The molecule has 2 rings (SSSR count). The molecule has 1 aromatic rings. The molecular formula is C15H16N2O4. The molecule has 1 fully saturated rings. The van der Waals surface area contributed by atoms with Crippen LogP contribution in [0.25, 0.3) is 6.08 Å². The first-order chi connectivity index (χ1) is 10.1. The Balaban J connectivity index is 2.08. The Bertz CT molecular complexity index is 578. The number of benzene rings is 1. The third kappa shape index (κ3) is 4.17. The maximum absolute atomic E-state index is 12.3. The third-order valence-corrected chi connectivity index (χ3v) is 3.12. The quantitative estimate of drug-likeness (QED) is 0.803. The molecule has 0 bridgehead atoms. The first-order valence-electron chi connectivity index (χ1n) is 6.63. The smallest absolute Gasteiger partial charge is 0.328 e. The van der Waals surface area contributed by atoms with Gasteiger partial charge in [-0.15, -0.1) is 0 Å². The predicted molar refractivity (Wildman–Crippen MR) is 76.6 cm³/mol. The SMILES string of the molecule is O=C(O)C=Cc1ccc(C(=O)N2CCCNC(=O)C2)cc1. The van der Waals surface area contributed by atoms with Crippen molar-refractivity contribution in [2.75, 3.05) is 19.6 Å². The first kappa shape index (κ1) is 14.8. The van der Waals surface area contributed by atoms with Crippen molar-refractivity contribution < 1.29 is 19.5 Å². The summed E-state index contributed by atoms with van der Waals surface area (Å²) in [6.07, 6.45) is 3.23. The standard InChI is InChI=1S/C15H16N2O4/c18-13-10-17(9-1-8-16-13)15(21)12-5-2-11(3-6-12)4-7-14(19)20/h2-7H,1,8-10H2,(H,16,18)(H,19,20). The molecule has 0 aliphatic carbocycles. The van der Waals surface area contributed by atoms with Gasteiger partial charge in [0.1, 0.15) is 0 Å². The highest BCUT2D eigenvalue weighted by Crippen LogP contribution is 2.10. The van der Waals surface area contributed by atoms with Gasteiger partial charge in [-0.05, 0) is 30.2 Å². The van der Waals surface area contributed by atoms with Gasteiger partial charge in [0, 0.05) is 24.7 Å². The number of amides is 2. The zero-order valence-corrected chi connectivity index (χ0v) is 11.4. The van der Waals surface area contributed by atoms with Crippen LogP contribution in [0.5, 0.6) is 0 Å². The first-order valence-corrected chi connectivity index (χ1v) is 6.63. The molecule has 1 saturated heterocycles. The molecule has 6 heteroatoms. The Morgan fingerprint density at radius 3 is 2.62 bits per heavy atom. The Hall–Kier alpha value is -2.63. The van der Waals surface area contributed by atoms with Crippen molar-refractivity contribution in [1.29, 1.82) is 0 Å². The summed E-state index contributed by atoms with van der Waals surface area (Å²) in [5, 5.41) is 11.3. The fourth-order valence-electron chi connectivity index (χ4n) is 2.07. The normalized spacial score (nSPS) is 15.6. The molecule has 1 heterocycles. The molecule has 6 nitrogen and oxygen atoms in total. The molecule has 1 aromatic carbocycles. The molecule has 0 aromatic heterocycles. The second-order valence-electron chi connectivity index (χ2n) is 4.72.